The molecule has 0 aliphatic carbocycles. The number of hydrogen-bond acceptors (Lipinski definition) is 4. The summed E-state index contributed by atoms with van der Waals surface area (Å²) in [6.45, 7) is -0.342. The molecule has 20 heavy (non-hydrogen) atoms. The molecule has 0 bridgehead atoms. The fraction of sp³-hybridized carbons (Fsp3) is 0.308. The molecule has 0 aromatic heterocycles. The van der Waals surface area contributed by atoms with E-state index in [0.29, 0.717) is 11.3 Å². The molecule has 0 heterocycles. The normalized spacial score (nSPS) is 11.2. The molecule has 0 saturated heterocycles. The second kappa shape index (κ2) is 7.11. The van der Waals surface area contributed by atoms with Gasteiger partial charge in [-0.25, -0.2) is 9.59 Å². The predicted molar refractivity (Wildman–Crippen MR) is 71.2 cm³/mol. The Morgan fingerprint density at radius 1 is 1.50 bits per heavy atom. The third-order valence-corrected chi connectivity index (χ3v) is 2.68. The molecule has 0 aliphatic rings. The van der Waals surface area contributed by atoms with E-state index < -0.39 is 18.0 Å². The van der Waals surface area contributed by atoms with Crippen molar-refractivity contribution in [3.63, 3.8) is 0 Å². The van der Waals surface area contributed by atoms with Crippen LogP contribution in [0.2, 0.25) is 0 Å². The Kier molecular flexibility index (Phi) is 5.50. The van der Waals surface area contributed by atoms with Gasteiger partial charge in [-0.2, -0.15) is 5.26 Å². The van der Waals surface area contributed by atoms with E-state index in [-0.39, 0.29) is 13.0 Å². The molecule has 1 rings (SSSR count). The molecule has 0 aliphatic heterocycles. The third kappa shape index (κ3) is 3.96. The number of carbonyl (C=O) groups is 2. The van der Waals surface area contributed by atoms with E-state index in [2.05, 4.69) is 5.32 Å². The maximum absolute atomic E-state index is 11.9. The minimum atomic E-state index is -1.22. The molecule has 1 atom stereocenters. The van der Waals surface area contributed by atoms with Crippen molar-refractivity contribution in [2.45, 2.75) is 12.5 Å². The first kappa shape index (κ1) is 15.5. The molecule has 106 valence electrons. The van der Waals surface area contributed by atoms with Crippen molar-refractivity contribution in [1.29, 1.82) is 5.26 Å². The van der Waals surface area contributed by atoms with Crippen LogP contribution in [0.1, 0.15) is 12.0 Å². The van der Waals surface area contributed by atoms with Crippen molar-refractivity contribution >= 4 is 17.7 Å². The molecule has 0 spiro atoms. The van der Waals surface area contributed by atoms with E-state index in [0.717, 1.165) is 0 Å². The lowest BCUT2D eigenvalue weighted by Crippen LogP contribution is -2.47. The van der Waals surface area contributed by atoms with Crippen molar-refractivity contribution < 1.29 is 19.8 Å². The molecular weight excluding hydrogens is 262 g/mol. The number of hydrogen-bond donors (Lipinski definition) is 3. The van der Waals surface area contributed by atoms with Gasteiger partial charge in [0.25, 0.3) is 0 Å². The zero-order chi connectivity index (χ0) is 15.1. The van der Waals surface area contributed by atoms with Crippen LogP contribution in [-0.2, 0) is 4.79 Å². The smallest absolute Gasteiger partial charge is 0.326 e. The molecule has 7 nitrogen and oxygen atoms in total. The summed E-state index contributed by atoms with van der Waals surface area (Å²) in [6.07, 6.45) is -0.0762. The number of amides is 2. The third-order valence-electron chi connectivity index (χ3n) is 2.68. The van der Waals surface area contributed by atoms with Crippen molar-refractivity contribution in [1.82, 2.24) is 5.32 Å². The summed E-state index contributed by atoms with van der Waals surface area (Å²) in [5, 5.41) is 28.8. The van der Waals surface area contributed by atoms with Gasteiger partial charge in [0.15, 0.2) is 0 Å². The zero-order valence-corrected chi connectivity index (χ0v) is 10.9. The Balaban J connectivity index is 2.80. The number of nitrogens with zero attached hydrogens (tertiary/aromatic N) is 2. The summed E-state index contributed by atoms with van der Waals surface area (Å²) in [5.41, 5.74) is 0.863. The molecule has 7 heteroatoms. The molecular formula is C13H15N3O4. The number of urea groups is 1. The first-order valence-corrected chi connectivity index (χ1v) is 5.87. The van der Waals surface area contributed by atoms with E-state index >= 15 is 0 Å². The summed E-state index contributed by atoms with van der Waals surface area (Å²) in [6, 6.07) is 6.54. The molecule has 0 saturated carbocycles. The average molecular weight is 277 g/mol. The first-order chi connectivity index (χ1) is 9.49. The number of carboxylic acids is 1. The van der Waals surface area contributed by atoms with Crippen LogP contribution in [0.3, 0.4) is 0 Å². The van der Waals surface area contributed by atoms with Crippen LogP contribution in [-0.4, -0.2) is 41.9 Å². The number of nitrogens with one attached hydrogen (secondary N) is 1. The highest BCUT2D eigenvalue weighted by molar-refractivity contribution is 5.94. The maximum Gasteiger partial charge on any atom is 0.326 e. The summed E-state index contributed by atoms with van der Waals surface area (Å²) < 4.78 is 0. The lowest BCUT2D eigenvalue weighted by atomic mass is 10.2. The Morgan fingerprint density at radius 3 is 2.75 bits per heavy atom. The number of anilines is 1. The Hall–Kier alpha value is -2.59. The molecule has 1 aromatic carbocycles. The number of aliphatic carboxylic acids is 1. The summed E-state index contributed by atoms with van der Waals surface area (Å²) in [4.78, 5) is 24.0. The lowest BCUT2D eigenvalue weighted by Gasteiger charge is -2.21. The van der Waals surface area contributed by atoms with Gasteiger partial charge in [-0.05, 0) is 18.2 Å². The van der Waals surface area contributed by atoms with E-state index in [4.69, 9.17) is 15.5 Å². The van der Waals surface area contributed by atoms with Crippen LogP contribution in [0.5, 0.6) is 0 Å². The molecule has 0 fully saturated rings. The number of benzene rings is 1. The van der Waals surface area contributed by atoms with Crippen molar-refractivity contribution in [2.75, 3.05) is 18.6 Å². The average Bonchev–Trinajstić information content (AvgIpc) is 2.45. The van der Waals surface area contributed by atoms with Crippen LogP contribution in [0.25, 0.3) is 0 Å². The van der Waals surface area contributed by atoms with E-state index in [1.54, 1.807) is 18.2 Å². The van der Waals surface area contributed by atoms with Crippen LogP contribution in [0.4, 0.5) is 10.5 Å². The number of carboxylic acid groups (broad SMARTS) is 1. The molecule has 0 unspecified atom stereocenters. The van der Waals surface area contributed by atoms with Gasteiger partial charge >= 0.3 is 12.0 Å². The monoisotopic (exact) mass is 277 g/mol. The van der Waals surface area contributed by atoms with E-state index in [1.165, 1.54) is 18.0 Å². The lowest BCUT2D eigenvalue weighted by molar-refractivity contribution is -0.139. The molecule has 0 radical (unpaired) electrons. The molecule has 2 amide bonds. The Morgan fingerprint density at radius 2 is 2.20 bits per heavy atom. The number of aliphatic hydroxyl groups excluding tert-OH is 1. The number of nitriles is 1. The van der Waals surface area contributed by atoms with Crippen LogP contribution >= 0.6 is 0 Å². The largest absolute Gasteiger partial charge is 0.480 e. The number of aliphatic hydroxyl groups is 1. The SMILES string of the molecule is CN(C(=O)N[C@H](CCO)C(=O)O)c1cccc(C#N)c1. The van der Waals surface area contributed by atoms with Gasteiger partial charge in [0.2, 0.25) is 0 Å². The van der Waals surface area contributed by atoms with Crippen molar-refractivity contribution in [2.24, 2.45) is 0 Å². The summed E-state index contributed by atoms with van der Waals surface area (Å²) in [7, 11) is 1.46. The van der Waals surface area contributed by atoms with Crippen LogP contribution in [0.15, 0.2) is 24.3 Å². The van der Waals surface area contributed by atoms with Crippen molar-refractivity contribution in [3.05, 3.63) is 29.8 Å². The highest BCUT2D eigenvalue weighted by Crippen LogP contribution is 2.14. The van der Waals surface area contributed by atoms with Crippen LogP contribution < -0.4 is 10.2 Å². The maximum atomic E-state index is 11.9. The Labute approximate surface area is 116 Å². The zero-order valence-electron chi connectivity index (χ0n) is 10.9. The fourth-order valence-corrected chi connectivity index (χ4v) is 1.53. The van der Waals surface area contributed by atoms with Gasteiger partial charge in [0.05, 0.1) is 11.6 Å². The standard InChI is InChI=1S/C13H15N3O4/c1-16(10-4-2-3-9(7-10)8-14)13(20)15-11(5-6-17)12(18)19/h2-4,7,11,17H,5-6H2,1H3,(H,15,20)(H,18,19)/t11-/m1/s1. The van der Waals surface area contributed by atoms with Crippen LogP contribution in [0, 0.1) is 11.3 Å². The molecule has 1 aromatic rings. The van der Waals surface area contributed by atoms with Gasteiger partial charge in [-0.1, -0.05) is 6.07 Å². The Bertz CT molecular complexity index is 539. The van der Waals surface area contributed by atoms with Gasteiger partial charge in [-0.15, -0.1) is 0 Å². The topological polar surface area (TPSA) is 114 Å². The second-order valence-corrected chi connectivity index (χ2v) is 4.07. The number of rotatable bonds is 5. The highest BCUT2D eigenvalue weighted by Gasteiger charge is 2.21. The predicted octanol–water partition coefficient (Wildman–Crippen LogP) is 0.540. The second-order valence-electron chi connectivity index (χ2n) is 4.07. The van der Waals surface area contributed by atoms with E-state index in [9.17, 15) is 9.59 Å². The summed E-state index contributed by atoms with van der Waals surface area (Å²) >= 11 is 0. The van der Waals surface area contributed by atoms with E-state index in [1.807, 2.05) is 6.07 Å². The minimum absolute atomic E-state index is 0.0762. The fourth-order valence-electron chi connectivity index (χ4n) is 1.53. The van der Waals surface area contributed by atoms with Gasteiger partial charge in [-0.3, -0.25) is 4.90 Å². The highest BCUT2D eigenvalue weighted by atomic mass is 16.4. The first-order valence-electron chi connectivity index (χ1n) is 5.87. The quantitative estimate of drug-likeness (QED) is 0.726. The van der Waals surface area contributed by atoms with Gasteiger partial charge in [0, 0.05) is 25.8 Å². The minimum Gasteiger partial charge on any atom is -0.480 e. The molecule has 3 N–H and O–H groups in total. The number of carbonyl (C=O) groups excluding carboxylic acids is 1. The van der Waals surface area contributed by atoms with Crippen molar-refractivity contribution in [3.8, 4) is 6.07 Å². The van der Waals surface area contributed by atoms with Gasteiger partial charge < -0.3 is 15.5 Å². The van der Waals surface area contributed by atoms with Gasteiger partial charge in [0.1, 0.15) is 6.04 Å². The summed E-state index contributed by atoms with van der Waals surface area (Å²) in [5.74, 6) is -1.22.